The summed E-state index contributed by atoms with van der Waals surface area (Å²) in [5, 5.41) is 0. The predicted octanol–water partition coefficient (Wildman–Crippen LogP) is 0.677. The molecule has 0 unspecified atom stereocenters. The highest BCUT2D eigenvalue weighted by atomic mass is 16.5. The summed E-state index contributed by atoms with van der Waals surface area (Å²) in [5.41, 5.74) is 5.08. The van der Waals surface area contributed by atoms with Crippen molar-refractivity contribution in [2.45, 2.75) is 31.8 Å². The third kappa shape index (κ3) is 2.50. The molecule has 1 fully saturated rings. The molecule has 0 spiro atoms. The van der Waals surface area contributed by atoms with Crippen LogP contribution >= 0.6 is 0 Å². The lowest BCUT2D eigenvalue weighted by atomic mass is 10.0. The van der Waals surface area contributed by atoms with Crippen molar-refractivity contribution in [2.24, 2.45) is 11.7 Å². The SMILES string of the molecule is CO[C@@H]1CC[C@H](CC(N)=O)C1. The van der Waals surface area contributed by atoms with E-state index in [2.05, 4.69) is 0 Å². The van der Waals surface area contributed by atoms with Gasteiger partial charge in [-0.1, -0.05) is 0 Å². The molecule has 2 atom stereocenters. The number of nitrogens with two attached hydrogens (primary N) is 1. The van der Waals surface area contributed by atoms with E-state index in [1.54, 1.807) is 7.11 Å². The fraction of sp³-hybridized carbons (Fsp3) is 0.875. The molecule has 1 rings (SSSR count). The van der Waals surface area contributed by atoms with Crippen molar-refractivity contribution in [3.63, 3.8) is 0 Å². The molecular formula is C8H15NO2. The summed E-state index contributed by atoms with van der Waals surface area (Å²) < 4.78 is 5.17. The van der Waals surface area contributed by atoms with Crippen molar-refractivity contribution in [1.82, 2.24) is 0 Å². The van der Waals surface area contributed by atoms with Gasteiger partial charge in [-0.25, -0.2) is 0 Å². The van der Waals surface area contributed by atoms with Gasteiger partial charge in [0, 0.05) is 13.5 Å². The summed E-state index contributed by atoms with van der Waals surface area (Å²) in [7, 11) is 1.72. The van der Waals surface area contributed by atoms with Crippen LogP contribution in [-0.2, 0) is 9.53 Å². The summed E-state index contributed by atoms with van der Waals surface area (Å²) >= 11 is 0. The molecule has 1 saturated carbocycles. The normalized spacial score (nSPS) is 30.6. The van der Waals surface area contributed by atoms with Crippen LogP contribution in [0.5, 0.6) is 0 Å². The fourth-order valence-electron chi connectivity index (χ4n) is 1.71. The highest BCUT2D eigenvalue weighted by molar-refractivity contribution is 5.74. The highest BCUT2D eigenvalue weighted by Gasteiger charge is 2.25. The van der Waals surface area contributed by atoms with Gasteiger partial charge in [-0.05, 0) is 25.2 Å². The number of amides is 1. The molecular weight excluding hydrogens is 142 g/mol. The minimum atomic E-state index is -0.188. The molecule has 11 heavy (non-hydrogen) atoms. The summed E-state index contributed by atoms with van der Waals surface area (Å²) in [6.45, 7) is 0. The van der Waals surface area contributed by atoms with E-state index in [9.17, 15) is 4.79 Å². The van der Waals surface area contributed by atoms with Gasteiger partial charge in [0.1, 0.15) is 0 Å². The van der Waals surface area contributed by atoms with Crippen LogP contribution in [0.15, 0.2) is 0 Å². The molecule has 0 radical (unpaired) electrons. The first-order valence-electron chi connectivity index (χ1n) is 4.03. The fourth-order valence-corrected chi connectivity index (χ4v) is 1.71. The molecule has 64 valence electrons. The number of methoxy groups -OCH3 is 1. The number of primary amides is 1. The van der Waals surface area contributed by atoms with Gasteiger partial charge in [0.05, 0.1) is 6.10 Å². The van der Waals surface area contributed by atoms with E-state index < -0.39 is 0 Å². The number of rotatable bonds is 3. The van der Waals surface area contributed by atoms with Gasteiger partial charge in [0.15, 0.2) is 0 Å². The lowest BCUT2D eigenvalue weighted by Gasteiger charge is -2.07. The average Bonchev–Trinajstić information content (AvgIpc) is 2.34. The Morgan fingerprint density at radius 3 is 2.82 bits per heavy atom. The van der Waals surface area contributed by atoms with E-state index in [1.165, 1.54) is 0 Å². The largest absolute Gasteiger partial charge is 0.381 e. The Bertz CT molecular complexity index is 147. The molecule has 0 bridgehead atoms. The van der Waals surface area contributed by atoms with Crippen LogP contribution in [0.3, 0.4) is 0 Å². The Morgan fingerprint density at radius 1 is 1.64 bits per heavy atom. The van der Waals surface area contributed by atoms with Gasteiger partial charge in [-0.2, -0.15) is 0 Å². The van der Waals surface area contributed by atoms with Crippen LogP contribution in [0.25, 0.3) is 0 Å². The maximum Gasteiger partial charge on any atom is 0.217 e. The number of carbonyl (C=O) groups is 1. The second-order valence-electron chi connectivity index (χ2n) is 3.21. The van der Waals surface area contributed by atoms with Crippen LogP contribution in [0.1, 0.15) is 25.7 Å². The predicted molar refractivity (Wildman–Crippen MR) is 41.9 cm³/mol. The summed E-state index contributed by atoms with van der Waals surface area (Å²) in [6.07, 6.45) is 4.05. The zero-order valence-corrected chi connectivity index (χ0v) is 6.88. The number of hydrogen-bond donors (Lipinski definition) is 1. The van der Waals surface area contributed by atoms with Crippen LogP contribution in [-0.4, -0.2) is 19.1 Å². The van der Waals surface area contributed by atoms with E-state index >= 15 is 0 Å². The Labute approximate surface area is 66.9 Å². The zero-order chi connectivity index (χ0) is 8.27. The first kappa shape index (κ1) is 8.53. The minimum Gasteiger partial charge on any atom is -0.381 e. The molecule has 0 aliphatic heterocycles. The van der Waals surface area contributed by atoms with E-state index in [-0.39, 0.29) is 5.91 Å². The number of carbonyl (C=O) groups excluding carboxylic acids is 1. The van der Waals surface area contributed by atoms with Gasteiger partial charge in [-0.3, -0.25) is 4.79 Å². The van der Waals surface area contributed by atoms with Crippen LogP contribution < -0.4 is 5.73 Å². The Kier molecular flexibility index (Phi) is 2.88. The molecule has 3 heteroatoms. The van der Waals surface area contributed by atoms with Crippen molar-refractivity contribution in [3.05, 3.63) is 0 Å². The first-order valence-corrected chi connectivity index (χ1v) is 4.03. The third-order valence-corrected chi connectivity index (χ3v) is 2.32. The highest BCUT2D eigenvalue weighted by Crippen LogP contribution is 2.29. The van der Waals surface area contributed by atoms with Crippen LogP contribution in [0.2, 0.25) is 0 Å². The molecule has 0 aromatic heterocycles. The van der Waals surface area contributed by atoms with Gasteiger partial charge >= 0.3 is 0 Å². The maximum absolute atomic E-state index is 10.5. The van der Waals surface area contributed by atoms with Crippen molar-refractivity contribution in [2.75, 3.05) is 7.11 Å². The molecule has 1 aliphatic rings. The minimum absolute atomic E-state index is 0.188. The number of hydrogen-bond acceptors (Lipinski definition) is 2. The Hall–Kier alpha value is -0.570. The second kappa shape index (κ2) is 3.72. The molecule has 2 N–H and O–H groups in total. The van der Waals surface area contributed by atoms with Crippen LogP contribution in [0, 0.1) is 5.92 Å². The van der Waals surface area contributed by atoms with Crippen molar-refractivity contribution in [1.29, 1.82) is 0 Å². The zero-order valence-electron chi connectivity index (χ0n) is 6.88. The first-order chi connectivity index (χ1) is 5.22. The average molecular weight is 157 g/mol. The van der Waals surface area contributed by atoms with Crippen molar-refractivity contribution in [3.8, 4) is 0 Å². The monoisotopic (exact) mass is 157 g/mol. The molecule has 1 aliphatic carbocycles. The van der Waals surface area contributed by atoms with E-state index in [0.29, 0.717) is 18.4 Å². The van der Waals surface area contributed by atoms with Crippen molar-refractivity contribution < 1.29 is 9.53 Å². The summed E-state index contributed by atoms with van der Waals surface area (Å²) in [4.78, 5) is 10.5. The van der Waals surface area contributed by atoms with Gasteiger partial charge in [-0.15, -0.1) is 0 Å². The molecule has 0 saturated heterocycles. The molecule has 0 aromatic rings. The van der Waals surface area contributed by atoms with Crippen molar-refractivity contribution >= 4 is 5.91 Å². The van der Waals surface area contributed by atoms with Gasteiger partial charge in [0.25, 0.3) is 0 Å². The van der Waals surface area contributed by atoms with E-state index in [4.69, 9.17) is 10.5 Å². The standard InChI is InChI=1S/C8H15NO2/c1-11-7-3-2-6(4-7)5-8(9)10/h6-7H,2-5H2,1H3,(H2,9,10)/t6-,7+/m0/s1. The molecule has 3 nitrogen and oxygen atoms in total. The van der Waals surface area contributed by atoms with Crippen LogP contribution in [0.4, 0.5) is 0 Å². The van der Waals surface area contributed by atoms with E-state index in [0.717, 1.165) is 19.3 Å². The topological polar surface area (TPSA) is 52.3 Å². The van der Waals surface area contributed by atoms with E-state index in [1.807, 2.05) is 0 Å². The number of ether oxygens (including phenoxy) is 1. The lowest BCUT2D eigenvalue weighted by molar-refractivity contribution is -0.118. The lowest BCUT2D eigenvalue weighted by Crippen LogP contribution is -2.15. The summed E-state index contributed by atoms with van der Waals surface area (Å²) in [5.74, 6) is 0.282. The maximum atomic E-state index is 10.5. The molecule has 0 aromatic carbocycles. The quantitative estimate of drug-likeness (QED) is 0.654. The summed E-state index contributed by atoms with van der Waals surface area (Å²) in [6, 6.07) is 0. The van der Waals surface area contributed by atoms with Gasteiger partial charge in [0.2, 0.25) is 5.91 Å². The third-order valence-electron chi connectivity index (χ3n) is 2.32. The molecule has 1 amide bonds. The molecule has 0 heterocycles. The van der Waals surface area contributed by atoms with Gasteiger partial charge < -0.3 is 10.5 Å². The second-order valence-corrected chi connectivity index (χ2v) is 3.21. The smallest absolute Gasteiger partial charge is 0.217 e. The Balaban J connectivity index is 2.24. The Morgan fingerprint density at radius 2 is 2.36 bits per heavy atom.